The molecule has 5 heteroatoms. The Kier molecular flexibility index (Phi) is 4.71. The van der Waals surface area contributed by atoms with Crippen LogP contribution in [0.4, 0.5) is 0 Å². The van der Waals surface area contributed by atoms with Gasteiger partial charge in [0.1, 0.15) is 5.69 Å². The highest BCUT2D eigenvalue weighted by Gasteiger charge is 2.15. The number of hydrogen-bond acceptors (Lipinski definition) is 4. The first-order chi connectivity index (χ1) is 8.51. The fourth-order valence-electron chi connectivity index (χ4n) is 1.54. The number of nitrogens with one attached hydrogen (secondary N) is 1. The molecular weight excluding hydrogens is 230 g/mol. The molecule has 18 heavy (non-hydrogen) atoms. The lowest BCUT2D eigenvalue weighted by atomic mass is 10.1. The van der Waals surface area contributed by atoms with Crippen molar-refractivity contribution >= 4 is 17.8 Å². The van der Waals surface area contributed by atoms with Crippen LogP contribution in [0, 0.1) is 6.92 Å². The highest BCUT2D eigenvalue weighted by atomic mass is 16.5. The zero-order chi connectivity index (χ0) is 13.7. The number of carbonyl (C=O) groups is 1. The summed E-state index contributed by atoms with van der Waals surface area (Å²) in [5, 5.41) is 0. The molecule has 0 aliphatic heterocycles. The van der Waals surface area contributed by atoms with Crippen molar-refractivity contribution in [1.29, 1.82) is 0 Å². The highest BCUT2D eigenvalue weighted by molar-refractivity contribution is 6.11. The van der Waals surface area contributed by atoms with Gasteiger partial charge in [0.15, 0.2) is 0 Å². The normalized spacial score (nSPS) is 12.4. The number of esters is 1. The van der Waals surface area contributed by atoms with Crippen LogP contribution in [0.25, 0.3) is 5.57 Å². The molecule has 3 N–H and O–H groups in total. The molecule has 0 aliphatic rings. The molecule has 0 fully saturated rings. The number of aromatic amines is 1. The molecule has 0 aromatic carbocycles. The molecule has 0 unspecified atom stereocenters. The second-order valence-electron chi connectivity index (χ2n) is 4.19. The Bertz CT molecular complexity index is 484. The molecule has 0 radical (unpaired) electrons. The third-order valence-corrected chi connectivity index (χ3v) is 2.53. The van der Waals surface area contributed by atoms with Crippen LogP contribution in [0.5, 0.6) is 0 Å². The Morgan fingerprint density at radius 1 is 1.56 bits per heavy atom. The van der Waals surface area contributed by atoms with Gasteiger partial charge in [0.05, 0.1) is 7.11 Å². The summed E-state index contributed by atoms with van der Waals surface area (Å²) in [6.07, 6.45) is 4.91. The van der Waals surface area contributed by atoms with Crippen molar-refractivity contribution < 1.29 is 9.53 Å². The number of nitrogens with zero attached hydrogens (tertiary/aromatic N) is 1. The predicted octanol–water partition coefficient (Wildman–Crippen LogP) is 1.89. The van der Waals surface area contributed by atoms with E-state index in [0.29, 0.717) is 5.69 Å². The highest BCUT2D eigenvalue weighted by Crippen LogP contribution is 2.20. The summed E-state index contributed by atoms with van der Waals surface area (Å²) in [5.74, 6) is -0.393. The predicted molar refractivity (Wildman–Crippen MR) is 72.7 cm³/mol. The summed E-state index contributed by atoms with van der Waals surface area (Å²) < 4.78 is 4.69. The van der Waals surface area contributed by atoms with Gasteiger partial charge in [0.25, 0.3) is 0 Å². The van der Waals surface area contributed by atoms with Gasteiger partial charge in [-0.25, -0.2) is 4.79 Å². The third kappa shape index (κ3) is 3.00. The third-order valence-electron chi connectivity index (χ3n) is 2.53. The quantitative estimate of drug-likeness (QED) is 0.631. The first-order valence-corrected chi connectivity index (χ1v) is 5.73. The van der Waals surface area contributed by atoms with Crippen molar-refractivity contribution in [3.8, 4) is 0 Å². The van der Waals surface area contributed by atoms with E-state index < -0.39 is 5.97 Å². The SMILES string of the molecule is COC(=O)c1[nH]cc(/C(C=NC(C)C)=C/N)c1C. The van der Waals surface area contributed by atoms with Gasteiger partial charge in [-0.2, -0.15) is 0 Å². The lowest BCUT2D eigenvalue weighted by Gasteiger charge is -2.02. The van der Waals surface area contributed by atoms with Crippen molar-refractivity contribution in [1.82, 2.24) is 4.98 Å². The Labute approximate surface area is 107 Å². The van der Waals surface area contributed by atoms with Gasteiger partial charge < -0.3 is 15.5 Å². The first-order valence-electron chi connectivity index (χ1n) is 5.73. The number of aliphatic imine (C=N–C) groups is 1. The molecule has 1 heterocycles. The number of hydrogen-bond donors (Lipinski definition) is 2. The van der Waals surface area contributed by atoms with Crippen LogP contribution < -0.4 is 5.73 Å². The minimum Gasteiger partial charge on any atom is -0.464 e. The second kappa shape index (κ2) is 6.05. The zero-order valence-corrected chi connectivity index (χ0v) is 11.2. The summed E-state index contributed by atoms with van der Waals surface area (Å²) in [6, 6.07) is 0.194. The van der Waals surface area contributed by atoms with E-state index in [-0.39, 0.29) is 6.04 Å². The molecule has 5 nitrogen and oxygen atoms in total. The molecule has 1 rings (SSSR count). The lowest BCUT2D eigenvalue weighted by Crippen LogP contribution is -2.03. The van der Waals surface area contributed by atoms with Crippen LogP contribution in [-0.4, -0.2) is 30.3 Å². The number of H-pyrrole nitrogens is 1. The van der Waals surface area contributed by atoms with Gasteiger partial charge in [-0.15, -0.1) is 0 Å². The number of methoxy groups -OCH3 is 1. The van der Waals surface area contributed by atoms with Gasteiger partial charge in [-0.1, -0.05) is 0 Å². The van der Waals surface area contributed by atoms with Crippen LogP contribution in [0.2, 0.25) is 0 Å². The molecule has 0 bridgehead atoms. The van der Waals surface area contributed by atoms with E-state index in [4.69, 9.17) is 5.73 Å². The molecule has 0 saturated carbocycles. The maximum atomic E-state index is 11.5. The van der Waals surface area contributed by atoms with E-state index in [1.165, 1.54) is 13.3 Å². The minimum atomic E-state index is -0.393. The Balaban J connectivity index is 3.10. The number of nitrogens with two attached hydrogens (primary N) is 1. The number of aromatic nitrogens is 1. The van der Waals surface area contributed by atoms with Crippen LogP contribution in [0.15, 0.2) is 17.4 Å². The van der Waals surface area contributed by atoms with Gasteiger partial charge >= 0.3 is 5.97 Å². The first kappa shape index (κ1) is 14.0. The minimum absolute atomic E-state index is 0.194. The molecule has 98 valence electrons. The maximum absolute atomic E-state index is 11.5. The van der Waals surface area contributed by atoms with Gasteiger partial charge in [-0.05, 0) is 26.3 Å². The smallest absolute Gasteiger partial charge is 0.354 e. The average Bonchev–Trinajstić information content (AvgIpc) is 2.71. The van der Waals surface area contributed by atoms with Crippen molar-refractivity contribution in [2.75, 3.05) is 7.11 Å². The average molecular weight is 249 g/mol. The fraction of sp³-hybridized carbons (Fsp3) is 0.385. The number of ether oxygens (including phenoxy) is 1. The van der Waals surface area contributed by atoms with Gasteiger partial charge in [0.2, 0.25) is 0 Å². The van der Waals surface area contributed by atoms with Crippen LogP contribution in [-0.2, 0) is 4.74 Å². The van der Waals surface area contributed by atoms with E-state index in [1.807, 2.05) is 20.8 Å². The summed E-state index contributed by atoms with van der Waals surface area (Å²) in [7, 11) is 1.35. The maximum Gasteiger partial charge on any atom is 0.354 e. The largest absolute Gasteiger partial charge is 0.464 e. The van der Waals surface area contributed by atoms with E-state index in [2.05, 4.69) is 14.7 Å². The zero-order valence-electron chi connectivity index (χ0n) is 11.2. The topological polar surface area (TPSA) is 80.5 Å². The Morgan fingerprint density at radius 3 is 2.72 bits per heavy atom. The van der Waals surface area contributed by atoms with Crippen molar-refractivity contribution in [3.05, 3.63) is 29.2 Å². The van der Waals surface area contributed by atoms with E-state index in [1.54, 1.807) is 12.4 Å². The van der Waals surface area contributed by atoms with Crippen LogP contribution in [0.3, 0.4) is 0 Å². The number of carbonyl (C=O) groups excluding carboxylic acids is 1. The summed E-state index contributed by atoms with van der Waals surface area (Å²) in [6.45, 7) is 5.80. The van der Waals surface area contributed by atoms with Crippen LogP contribution in [0.1, 0.15) is 35.5 Å². The second-order valence-corrected chi connectivity index (χ2v) is 4.19. The number of allylic oxidation sites excluding steroid dienone is 1. The fourth-order valence-corrected chi connectivity index (χ4v) is 1.54. The molecule has 0 spiro atoms. The van der Waals surface area contributed by atoms with E-state index >= 15 is 0 Å². The summed E-state index contributed by atoms with van der Waals surface area (Å²) in [5.41, 5.74) is 8.45. The van der Waals surface area contributed by atoms with Crippen LogP contribution >= 0.6 is 0 Å². The van der Waals surface area contributed by atoms with Gasteiger partial charge in [-0.3, -0.25) is 4.99 Å². The monoisotopic (exact) mass is 249 g/mol. The molecule has 0 atom stereocenters. The summed E-state index contributed by atoms with van der Waals surface area (Å²) >= 11 is 0. The number of rotatable bonds is 4. The van der Waals surface area contributed by atoms with Crippen molar-refractivity contribution in [3.63, 3.8) is 0 Å². The molecular formula is C13H19N3O2. The molecule has 0 saturated heterocycles. The molecule has 0 aliphatic carbocycles. The Morgan fingerprint density at radius 2 is 2.22 bits per heavy atom. The molecule has 1 aromatic heterocycles. The lowest BCUT2D eigenvalue weighted by molar-refractivity contribution is 0.0594. The van der Waals surface area contributed by atoms with Gasteiger partial charge in [0, 0.05) is 35.8 Å². The summed E-state index contributed by atoms with van der Waals surface area (Å²) in [4.78, 5) is 18.7. The Hall–Kier alpha value is -2.04. The van der Waals surface area contributed by atoms with Crippen molar-refractivity contribution in [2.24, 2.45) is 10.7 Å². The van der Waals surface area contributed by atoms with E-state index in [9.17, 15) is 4.79 Å². The molecule has 0 amide bonds. The van der Waals surface area contributed by atoms with E-state index in [0.717, 1.165) is 16.7 Å². The standard InChI is InChI=1S/C13H19N3O2/c1-8(2)15-6-10(5-14)11-7-16-12(9(11)3)13(17)18-4/h5-8,16H,14H2,1-4H3/b10-5+,15-6?. The van der Waals surface area contributed by atoms with Crippen molar-refractivity contribution in [2.45, 2.75) is 26.8 Å². The molecule has 1 aromatic rings.